The van der Waals surface area contributed by atoms with Crippen LogP contribution in [0, 0.1) is 13.8 Å². The number of hydrogen-bond acceptors (Lipinski definition) is 7. The lowest BCUT2D eigenvalue weighted by molar-refractivity contribution is -0.116. The van der Waals surface area contributed by atoms with Crippen LogP contribution in [0.2, 0.25) is 0 Å². The van der Waals surface area contributed by atoms with Crippen LogP contribution in [0.25, 0.3) is 0 Å². The van der Waals surface area contributed by atoms with Crippen molar-refractivity contribution in [1.29, 1.82) is 0 Å². The third kappa shape index (κ3) is 5.63. The van der Waals surface area contributed by atoms with Gasteiger partial charge < -0.3 is 16.0 Å². The number of aromatic nitrogens is 5. The minimum absolute atomic E-state index is 0.105. The van der Waals surface area contributed by atoms with Crippen LogP contribution < -0.4 is 16.0 Å². The van der Waals surface area contributed by atoms with Crippen molar-refractivity contribution in [3.63, 3.8) is 0 Å². The first-order valence-electron chi connectivity index (χ1n) is 9.72. The molecule has 0 atom stereocenters. The first-order valence-corrected chi connectivity index (χ1v) is 9.72. The molecule has 2 heterocycles. The molecule has 3 N–H and O–H groups in total. The number of hydrogen-bond donors (Lipinski definition) is 3. The van der Waals surface area contributed by atoms with Gasteiger partial charge in [0.05, 0.1) is 0 Å². The van der Waals surface area contributed by atoms with Crippen molar-refractivity contribution in [2.24, 2.45) is 0 Å². The molecule has 156 valence electrons. The van der Waals surface area contributed by atoms with Gasteiger partial charge >= 0.3 is 0 Å². The van der Waals surface area contributed by atoms with Gasteiger partial charge in [0, 0.05) is 28.8 Å². The number of nitrogens with zero attached hydrogens (tertiary/aromatic N) is 5. The molecule has 2 aromatic heterocycles. The van der Waals surface area contributed by atoms with E-state index in [1.54, 1.807) is 0 Å². The Balaban J connectivity index is 1.39. The third-order valence-electron chi connectivity index (χ3n) is 4.38. The van der Waals surface area contributed by atoms with E-state index in [1.165, 1.54) is 22.9 Å². The number of benzene rings is 2. The molecular weight excluding hydrogens is 392 g/mol. The largest absolute Gasteiger partial charge is 0.340 e. The molecule has 0 saturated carbocycles. The standard InChI is InChI=1S/C22H22N8O/c1-15-3-5-17(6-4-15)26-20-11-16(2)25-22(29-20)28-19-9-7-18(8-10-19)27-21(31)12-30-14-23-13-24-30/h3-11,13-14H,12H2,1-2H3,(H,27,31)(H2,25,26,28,29). The minimum atomic E-state index is -0.181. The second kappa shape index (κ2) is 9.04. The first-order chi connectivity index (χ1) is 15.0. The first kappa shape index (κ1) is 20.0. The van der Waals surface area contributed by atoms with Gasteiger partial charge in [-0.3, -0.25) is 4.79 Å². The maximum Gasteiger partial charge on any atom is 0.246 e. The molecule has 9 nitrogen and oxygen atoms in total. The molecule has 4 rings (SSSR count). The Morgan fingerprint density at radius 3 is 2.29 bits per heavy atom. The number of amides is 1. The Labute approximate surface area is 179 Å². The van der Waals surface area contributed by atoms with Crippen molar-refractivity contribution < 1.29 is 4.79 Å². The number of nitrogens with one attached hydrogen (secondary N) is 3. The van der Waals surface area contributed by atoms with Gasteiger partial charge in [0.15, 0.2) is 0 Å². The Morgan fingerprint density at radius 2 is 1.58 bits per heavy atom. The smallest absolute Gasteiger partial charge is 0.246 e. The highest BCUT2D eigenvalue weighted by Crippen LogP contribution is 2.20. The topological polar surface area (TPSA) is 110 Å². The molecule has 0 bridgehead atoms. The van der Waals surface area contributed by atoms with Crippen LogP contribution in [0.3, 0.4) is 0 Å². The van der Waals surface area contributed by atoms with E-state index in [0.717, 1.165) is 17.1 Å². The third-order valence-corrected chi connectivity index (χ3v) is 4.38. The van der Waals surface area contributed by atoms with Crippen LogP contribution in [-0.4, -0.2) is 30.6 Å². The van der Waals surface area contributed by atoms with E-state index in [9.17, 15) is 4.79 Å². The summed E-state index contributed by atoms with van der Waals surface area (Å²) in [5.41, 5.74) is 4.48. The average Bonchev–Trinajstić information content (AvgIpc) is 3.24. The van der Waals surface area contributed by atoms with Crippen LogP contribution in [0.4, 0.5) is 28.8 Å². The molecule has 0 aliphatic rings. The molecule has 0 aliphatic heterocycles. The number of carbonyl (C=O) groups excluding carboxylic acids is 1. The zero-order chi connectivity index (χ0) is 21.6. The van der Waals surface area contributed by atoms with E-state index < -0.39 is 0 Å². The second-order valence-corrected chi connectivity index (χ2v) is 7.05. The zero-order valence-corrected chi connectivity index (χ0v) is 17.2. The van der Waals surface area contributed by atoms with Gasteiger partial charge in [-0.2, -0.15) is 10.1 Å². The number of aryl methyl sites for hydroxylation is 2. The van der Waals surface area contributed by atoms with Crippen LogP contribution >= 0.6 is 0 Å². The number of carbonyl (C=O) groups is 1. The maximum absolute atomic E-state index is 12.1. The van der Waals surface area contributed by atoms with Crippen molar-refractivity contribution in [2.75, 3.05) is 16.0 Å². The lowest BCUT2D eigenvalue weighted by Gasteiger charge is -2.11. The van der Waals surface area contributed by atoms with Gasteiger partial charge in [-0.25, -0.2) is 14.6 Å². The monoisotopic (exact) mass is 414 g/mol. The lowest BCUT2D eigenvalue weighted by atomic mass is 10.2. The number of rotatable bonds is 7. The summed E-state index contributed by atoms with van der Waals surface area (Å²) in [5, 5.41) is 13.2. The lowest BCUT2D eigenvalue weighted by Crippen LogP contribution is -2.18. The Hall–Kier alpha value is -4.27. The molecule has 4 aromatic rings. The summed E-state index contributed by atoms with van der Waals surface area (Å²) < 4.78 is 1.46. The van der Waals surface area contributed by atoms with Gasteiger partial charge in [-0.05, 0) is 50.2 Å². The molecule has 31 heavy (non-hydrogen) atoms. The fraction of sp³-hybridized carbons (Fsp3) is 0.136. The minimum Gasteiger partial charge on any atom is -0.340 e. The Morgan fingerprint density at radius 1 is 0.903 bits per heavy atom. The summed E-state index contributed by atoms with van der Waals surface area (Å²) in [6, 6.07) is 17.3. The van der Waals surface area contributed by atoms with Crippen molar-refractivity contribution in [1.82, 2.24) is 24.7 Å². The number of anilines is 5. The summed E-state index contributed by atoms with van der Waals surface area (Å²) in [5.74, 6) is 1.01. The second-order valence-electron chi connectivity index (χ2n) is 7.05. The van der Waals surface area contributed by atoms with Gasteiger partial charge in [-0.15, -0.1) is 0 Å². The molecule has 9 heteroatoms. The van der Waals surface area contributed by atoms with Crippen LogP contribution in [0.5, 0.6) is 0 Å². The van der Waals surface area contributed by atoms with Crippen LogP contribution in [-0.2, 0) is 11.3 Å². The quantitative estimate of drug-likeness (QED) is 0.422. The normalized spacial score (nSPS) is 10.5. The van der Waals surface area contributed by atoms with E-state index in [0.29, 0.717) is 17.5 Å². The van der Waals surface area contributed by atoms with Gasteiger partial charge in [0.1, 0.15) is 25.0 Å². The summed E-state index contributed by atoms with van der Waals surface area (Å²) in [7, 11) is 0. The van der Waals surface area contributed by atoms with Crippen molar-refractivity contribution in [3.8, 4) is 0 Å². The fourth-order valence-electron chi connectivity index (χ4n) is 2.90. The van der Waals surface area contributed by atoms with Crippen LogP contribution in [0.15, 0.2) is 67.3 Å². The molecule has 0 fully saturated rings. The summed E-state index contributed by atoms with van der Waals surface area (Å²) in [6.07, 6.45) is 2.89. The maximum atomic E-state index is 12.1. The highest BCUT2D eigenvalue weighted by atomic mass is 16.2. The Bertz CT molecular complexity index is 1160. The summed E-state index contributed by atoms with van der Waals surface area (Å²) in [4.78, 5) is 24.9. The summed E-state index contributed by atoms with van der Waals surface area (Å²) in [6.45, 7) is 4.07. The predicted octanol–water partition coefficient (Wildman–Crippen LogP) is 3.81. The molecule has 0 unspecified atom stereocenters. The Kier molecular flexibility index (Phi) is 5.84. The molecule has 0 aliphatic carbocycles. The SMILES string of the molecule is Cc1ccc(Nc2cc(C)nc(Nc3ccc(NC(=O)Cn4cncn4)cc3)n2)cc1. The predicted molar refractivity (Wildman–Crippen MR) is 120 cm³/mol. The van der Waals surface area contributed by atoms with E-state index in [-0.39, 0.29) is 12.5 Å². The average molecular weight is 414 g/mol. The highest BCUT2D eigenvalue weighted by molar-refractivity contribution is 5.90. The molecule has 0 saturated heterocycles. The molecular formula is C22H22N8O. The van der Waals surface area contributed by atoms with E-state index >= 15 is 0 Å². The molecule has 1 amide bonds. The molecule has 2 aromatic carbocycles. The van der Waals surface area contributed by atoms with Gasteiger partial charge in [0.2, 0.25) is 11.9 Å². The van der Waals surface area contributed by atoms with E-state index in [1.807, 2.05) is 68.4 Å². The van der Waals surface area contributed by atoms with Crippen molar-refractivity contribution >= 4 is 34.7 Å². The highest BCUT2D eigenvalue weighted by Gasteiger charge is 2.06. The van der Waals surface area contributed by atoms with E-state index in [2.05, 4.69) is 36.0 Å². The summed E-state index contributed by atoms with van der Waals surface area (Å²) >= 11 is 0. The van der Waals surface area contributed by atoms with Crippen molar-refractivity contribution in [2.45, 2.75) is 20.4 Å². The van der Waals surface area contributed by atoms with Gasteiger partial charge in [0.25, 0.3) is 0 Å². The molecule has 0 spiro atoms. The molecule has 0 radical (unpaired) electrons. The van der Waals surface area contributed by atoms with E-state index in [4.69, 9.17) is 0 Å². The van der Waals surface area contributed by atoms with Crippen molar-refractivity contribution in [3.05, 3.63) is 78.5 Å². The fourth-order valence-corrected chi connectivity index (χ4v) is 2.90. The van der Waals surface area contributed by atoms with Gasteiger partial charge in [-0.1, -0.05) is 17.7 Å². The van der Waals surface area contributed by atoms with Crippen LogP contribution in [0.1, 0.15) is 11.3 Å². The zero-order valence-electron chi connectivity index (χ0n) is 17.2.